The predicted octanol–water partition coefficient (Wildman–Crippen LogP) is 4.58. The highest BCUT2D eigenvalue weighted by molar-refractivity contribution is 7.90. The summed E-state index contributed by atoms with van der Waals surface area (Å²) in [6.07, 6.45) is -1.72. The second-order valence-corrected chi connectivity index (χ2v) is 9.10. The number of aryl methyl sites for hydroxylation is 1. The van der Waals surface area contributed by atoms with Crippen LogP contribution in [0.3, 0.4) is 0 Å². The van der Waals surface area contributed by atoms with E-state index < -0.39 is 33.7 Å². The molecule has 0 aliphatic carbocycles. The third-order valence-electron chi connectivity index (χ3n) is 4.44. The van der Waals surface area contributed by atoms with Gasteiger partial charge in [0.15, 0.2) is 9.84 Å². The van der Waals surface area contributed by atoms with Gasteiger partial charge in [-0.1, -0.05) is 18.2 Å². The second kappa shape index (κ2) is 9.90. The van der Waals surface area contributed by atoms with E-state index in [4.69, 9.17) is 0 Å². The lowest BCUT2D eigenvalue weighted by molar-refractivity contribution is -0.274. The van der Waals surface area contributed by atoms with Crippen LogP contribution in [0.4, 0.5) is 23.7 Å². The highest BCUT2D eigenvalue weighted by Crippen LogP contribution is 2.30. The van der Waals surface area contributed by atoms with E-state index in [1.807, 2.05) is 0 Å². The van der Waals surface area contributed by atoms with E-state index in [0.717, 1.165) is 11.6 Å². The lowest BCUT2D eigenvalue weighted by Crippen LogP contribution is -2.28. The SMILES string of the molecule is Cc1ccc(CS(=O)(=O)c2ccc(NC(=O)NCc3cccnc3)cc2)c(OC(F)(F)F)c1. The molecule has 2 amide bonds. The molecule has 33 heavy (non-hydrogen) atoms. The number of halogens is 3. The summed E-state index contributed by atoms with van der Waals surface area (Å²) in [6, 6.07) is 12.3. The molecule has 0 atom stereocenters. The fourth-order valence-corrected chi connectivity index (χ4v) is 4.26. The Balaban J connectivity index is 1.67. The van der Waals surface area contributed by atoms with Gasteiger partial charge in [-0.05, 0) is 54.4 Å². The zero-order valence-electron chi connectivity index (χ0n) is 17.4. The molecule has 0 saturated carbocycles. The van der Waals surface area contributed by atoms with Crippen LogP contribution in [0.2, 0.25) is 0 Å². The number of alkyl halides is 3. The summed E-state index contributed by atoms with van der Waals surface area (Å²) in [5.41, 5.74) is 1.52. The minimum absolute atomic E-state index is 0.109. The summed E-state index contributed by atoms with van der Waals surface area (Å²) in [7, 11) is -3.98. The minimum atomic E-state index is -4.95. The Bertz CT molecular complexity index is 1220. The van der Waals surface area contributed by atoms with E-state index in [0.29, 0.717) is 11.3 Å². The number of urea groups is 1. The van der Waals surface area contributed by atoms with Gasteiger partial charge in [0.1, 0.15) is 5.75 Å². The lowest BCUT2D eigenvalue weighted by atomic mass is 10.1. The van der Waals surface area contributed by atoms with Crippen molar-refractivity contribution >= 4 is 21.6 Å². The minimum Gasteiger partial charge on any atom is -0.405 e. The molecule has 0 fully saturated rings. The molecule has 3 rings (SSSR count). The highest BCUT2D eigenvalue weighted by atomic mass is 32.2. The average molecular weight is 479 g/mol. The molecule has 2 N–H and O–H groups in total. The number of ether oxygens (including phenoxy) is 1. The Hall–Kier alpha value is -3.60. The summed E-state index contributed by atoms with van der Waals surface area (Å²) in [4.78, 5) is 15.9. The number of carbonyl (C=O) groups is 1. The highest BCUT2D eigenvalue weighted by Gasteiger charge is 2.32. The molecule has 0 bridgehead atoms. The molecule has 0 aliphatic heterocycles. The van der Waals surface area contributed by atoms with E-state index >= 15 is 0 Å². The Labute approximate surface area is 188 Å². The van der Waals surface area contributed by atoms with Crippen molar-refractivity contribution in [1.82, 2.24) is 10.3 Å². The maximum absolute atomic E-state index is 12.8. The second-order valence-electron chi connectivity index (χ2n) is 7.11. The molecule has 7 nitrogen and oxygen atoms in total. The van der Waals surface area contributed by atoms with Gasteiger partial charge in [0.2, 0.25) is 0 Å². The van der Waals surface area contributed by atoms with Crippen LogP contribution >= 0.6 is 0 Å². The third kappa shape index (κ3) is 7.21. The van der Waals surface area contributed by atoms with Gasteiger partial charge in [0.05, 0.1) is 10.6 Å². The summed E-state index contributed by atoms with van der Waals surface area (Å²) in [5.74, 6) is -1.24. The van der Waals surface area contributed by atoms with Gasteiger partial charge in [0, 0.05) is 30.2 Å². The van der Waals surface area contributed by atoms with Crippen LogP contribution in [0, 0.1) is 6.92 Å². The first kappa shape index (κ1) is 24.1. The number of anilines is 1. The number of nitrogens with zero attached hydrogens (tertiary/aromatic N) is 1. The van der Waals surface area contributed by atoms with E-state index in [1.54, 1.807) is 31.5 Å². The number of sulfone groups is 1. The Kier molecular flexibility index (Phi) is 7.22. The molecule has 1 aromatic heterocycles. The van der Waals surface area contributed by atoms with Gasteiger partial charge in [-0.2, -0.15) is 0 Å². The van der Waals surface area contributed by atoms with Crippen molar-refractivity contribution in [1.29, 1.82) is 0 Å². The van der Waals surface area contributed by atoms with E-state index in [-0.39, 0.29) is 17.0 Å². The molecule has 0 spiro atoms. The number of rotatable bonds is 7. The zero-order chi connectivity index (χ0) is 24.1. The Morgan fingerprint density at radius 2 is 1.82 bits per heavy atom. The molecule has 11 heteroatoms. The normalized spacial score (nSPS) is 11.6. The van der Waals surface area contributed by atoms with Gasteiger partial charge < -0.3 is 15.4 Å². The monoisotopic (exact) mass is 479 g/mol. The zero-order valence-corrected chi connectivity index (χ0v) is 18.2. The topological polar surface area (TPSA) is 97.4 Å². The van der Waals surface area contributed by atoms with Crippen molar-refractivity contribution in [2.45, 2.75) is 30.5 Å². The van der Waals surface area contributed by atoms with E-state index in [2.05, 4.69) is 20.4 Å². The van der Waals surface area contributed by atoms with Crippen molar-refractivity contribution < 1.29 is 31.1 Å². The molecule has 2 aromatic carbocycles. The summed E-state index contributed by atoms with van der Waals surface area (Å²) < 4.78 is 67.6. The van der Waals surface area contributed by atoms with Crippen molar-refractivity contribution in [3.05, 3.63) is 83.7 Å². The third-order valence-corrected chi connectivity index (χ3v) is 6.12. The average Bonchev–Trinajstić information content (AvgIpc) is 2.74. The number of hydrogen-bond acceptors (Lipinski definition) is 5. The number of carbonyl (C=O) groups excluding carboxylic acids is 1. The maximum Gasteiger partial charge on any atom is 0.573 e. The molecule has 0 aliphatic rings. The van der Waals surface area contributed by atoms with Crippen molar-refractivity contribution in [2.24, 2.45) is 0 Å². The van der Waals surface area contributed by atoms with Crippen LogP contribution in [0.5, 0.6) is 5.75 Å². The first-order chi connectivity index (χ1) is 15.5. The number of pyridine rings is 1. The van der Waals surface area contributed by atoms with Crippen LogP contribution in [-0.2, 0) is 22.1 Å². The quantitative estimate of drug-likeness (QED) is 0.517. The number of hydrogen-bond donors (Lipinski definition) is 2. The molecule has 1 heterocycles. The van der Waals surface area contributed by atoms with Gasteiger partial charge in [-0.25, -0.2) is 13.2 Å². The van der Waals surface area contributed by atoms with Crippen LogP contribution in [0.1, 0.15) is 16.7 Å². The van der Waals surface area contributed by atoms with Crippen LogP contribution in [0.25, 0.3) is 0 Å². The first-order valence-electron chi connectivity index (χ1n) is 9.64. The summed E-state index contributed by atoms with van der Waals surface area (Å²) in [5, 5.41) is 5.21. The Morgan fingerprint density at radius 3 is 2.45 bits per heavy atom. The molecular weight excluding hydrogens is 459 g/mol. The number of nitrogens with one attached hydrogen (secondary N) is 2. The van der Waals surface area contributed by atoms with Crippen molar-refractivity contribution in [3.63, 3.8) is 0 Å². The number of amides is 2. The maximum atomic E-state index is 12.8. The van der Waals surface area contributed by atoms with Crippen LogP contribution < -0.4 is 15.4 Å². The van der Waals surface area contributed by atoms with Gasteiger partial charge in [0.25, 0.3) is 0 Å². The fraction of sp³-hybridized carbons (Fsp3) is 0.182. The van der Waals surface area contributed by atoms with Gasteiger partial charge in [-0.15, -0.1) is 13.2 Å². The van der Waals surface area contributed by atoms with E-state index in [1.165, 1.54) is 36.4 Å². The Morgan fingerprint density at radius 1 is 1.09 bits per heavy atom. The van der Waals surface area contributed by atoms with Gasteiger partial charge >= 0.3 is 12.4 Å². The molecule has 0 unspecified atom stereocenters. The first-order valence-corrected chi connectivity index (χ1v) is 11.3. The molecule has 174 valence electrons. The van der Waals surface area contributed by atoms with Crippen LogP contribution in [0.15, 0.2) is 71.9 Å². The molecule has 3 aromatic rings. The largest absolute Gasteiger partial charge is 0.573 e. The molecule has 0 saturated heterocycles. The van der Waals surface area contributed by atoms with Crippen molar-refractivity contribution in [3.8, 4) is 5.75 Å². The predicted molar refractivity (Wildman–Crippen MR) is 115 cm³/mol. The smallest absolute Gasteiger partial charge is 0.405 e. The fourth-order valence-electron chi connectivity index (χ4n) is 2.89. The number of aromatic nitrogens is 1. The van der Waals surface area contributed by atoms with Crippen molar-refractivity contribution in [2.75, 3.05) is 5.32 Å². The number of benzene rings is 2. The van der Waals surface area contributed by atoms with Crippen LogP contribution in [-0.4, -0.2) is 25.8 Å². The molecule has 0 radical (unpaired) electrons. The summed E-state index contributed by atoms with van der Waals surface area (Å²) >= 11 is 0. The summed E-state index contributed by atoms with van der Waals surface area (Å²) in [6.45, 7) is 1.82. The van der Waals surface area contributed by atoms with Gasteiger partial charge in [-0.3, -0.25) is 4.98 Å². The lowest BCUT2D eigenvalue weighted by Gasteiger charge is -2.14. The molecular formula is C22H20F3N3O4S. The van der Waals surface area contributed by atoms with E-state index in [9.17, 15) is 26.4 Å². The standard InChI is InChI=1S/C22H20F3N3O4S/c1-15-4-5-17(20(11-15)32-22(23,24)25)14-33(30,31)19-8-6-18(7-9-19)28-21(29)27-13-16-3-2-10-26-12-16/h2-12H,13-14H2,1H3,(H2,27,28,29).